The molecule has 2 atom stereocenters. The fourth-order valence-corrected chi connectivity index (χ4v) is 3.76. The third-order valence-corrected chi connectivity index (χ3v) is 5.73. The summed E-state index contributed by atoms with van der Waals surface area (Å²) in [5, 5.41) is 19.5. The number of nitrogens with zero attached hydrogens (tertiary/aromatic N) is 4. The van der Waals surface area contributed by atoms with Crippen molar-refractivity contribution in [3.8, 4) is 6.07 Å². The first-order chi connectivity index (χ1) is 14.0. The van der Waals surface area contributed by atoms with Gasteiger partial charge in [-0.3, -0.25) is 4.79 Å². The summed E-state index contributed by atoms with van der Waals surface area (Å²) >= 11 is 0. The maximum absolute atomic E-state index is 12.0. The number of pyridine rings is 1. The molecule has 0 spiro atoms. The minimum atomic E-state index is -0.239. The van der Waals surface area contributed by atoms with Gasteiger partial charge in [0.25, 0.3) is 0 Å². The molecule has 2 rings (SSSR count). The molecule has 8 heteroatoms. The molecule has 8 nitrogen and oxygen atoms in total. The molecular weight excluding hydrogens is 380 g/mol. The highest BCUT2D eigenvalue weighted by Gasteiger charge is 2.38. The van der Waals surface area contributed by atoms with Gasteiger partial charge in [-0.2, -0.15) is 5.26 Å². The number of carbonyl (C=O) groups excluding carboxylic acids is 1. The highest BCUT2D eigenvalue weighted by Crippen LogP contribution is 2.43. The molecule has 0 bridgehead atoms. The first-order valence-electron chi connectivity index (χ1n) is 10.4. The Balaban J connectivity index is 2.26. The Hall–Kier alpha value is -2.69. The number of hydrogen-bond acceptors (Lipinski definition) is 6. The number of carbonyl (C=O) groups is 1. The number of amides is 1. The Labute approximate surface area is 179 Å². The zero-order chi connectivity index (χ0) is 22.5. The van der Waals surface area contributed by atoms with Gasteiger partial charge in [-0.15, -0.1) is 4.91 Å². The van der Waals surface area contributed by atoms with Gasteiger partial charge in [0.1, 0.15) is 6.42 Å². The van der Waals surface area contributed by atoms with Crippen LogP contribution in [0, 0.1) is 27.1 Å². The number of nitrogens with one attached hydrogen (secondary N) is 2. The van der Waals surface area contributed by atoms with Crippen LogP contribution in [0.25, 0.3) is 0 Å². The fourth-order valence-electron chi connectivity index (χ4n) is 3.76. The van der Waals surface area contributed by atoms with Gasteiger partial charge in [0.15, 0.2) is 5.82 Å². The van der Waals surface area contributed by atoms with Crippen LogP contribution in [0.1, 0.15) is 71.9 Å². The summed E-state index contributed by atoms with van der Waals surface area (Å²) in [5.41, 5.74) is 1.68. The number of aromatic nitrogens is 1. The van der Waals surface area contributed by atoms with Crippen LogP contribution in [0.2, 0.25) is 0 Å². The van der Waals surface area contributed by atoms with E-state index in [1.807, 2.05) is 18.2 Å². The smallest absolute Gasteiger partial charge is 0.234 e. The van der Waals surface area contributed by atoms with Gasteiger partial charge in [-0.05, 0) is 42.2 Å². The fraction of sp³-hybridized carbons (Fsp3) is 0.682. The normalized spacial score (nSPS) is 20.7. The van der Waals surface area contributed by atoms with E-state index in [0.29, 0.717) is 5.82 Å². The van der Waals surface area contributed by atoms with Crippen molar-refractivity contribution in [2.75, 3.05) is 23.9 Å². The van der Waals surface area contributed by atoms with Crippen molar-refractivity contribution in [3.63, 3.8) is 0 Å². The van der Waals surface area contributed by atoms with Crippen LogP contribution < -0.4 is 15.6 Å². The molecule has 1 aromatic rings. The number of rotatable bonds is 7. The Kier molecular flexibility index (Phi) is 7.40. The van der Waals surface area contributed by atoms with Crippen LogP contribution in [0.5, 0.6) is 0 Å². The van der Waals surface area contributed by atoms with E-state index in [1.54, 1.807) is 7.05 Å². The van der Waals surface area contributed by atoms with E-state index in [2.05, 4.69) is 50.5 Å². The molecule has 1 aromatic heterocycles. The van der Waals surface area contributed by atoms with Crippen molar-refractivity contribution in [1.82, 2.24) is 10.3 Å². The van der Waals surface area contributed by atoms with Gasteiger partial charge < -0.3 is 10.6 Å². The van der Waals surface area contributed by atoms with Gasteiger partial charge in [0.05, 0.1) is 17.0 Å². The summed E-state index contributed by atoms with van der Waals surface area (Å²) < 4.78 is 0. The first-order valence-corrected chi connectivity index (χ1v) is 10.4. The summed E-state index contributed by atoms with van der Waals surface area (Å²) in [6, 6.07) is 5.81. The van der Waals surface area contributed by atoms with Crippen LogP contribution >= 0.6 is 0 Å². The highest BCUT2D eigenvalue weighted by atomic mass is 16.3. The minimum absolute atomic E-state index is 0.0389. The lowest BCUT2D eigenvalue weighted by Crippen LogP contribution is -2.48. The second-order valence-corrected chi connectivity index (χ2v) is 10.0. The Morgan fingerprint density at radius 1 is 1.40 bits per heavy atom. The van der Waals surface area contributed by atoms with Crippen LogP contribution in [0.4, 0.5) is 11.5 Å². The molecule has 0 saturated heterocycles. The first kappa shape index (κ1) is 23.6. The standard InChI is InChI=1S/C22H34N6O2/c1-21(2,3)14-24-17-8-7-16(25-20(17)28(6)27-30)15-9-11-22(4,5)18(13-15)26-19(29)10-12-23/h7-8,15,18,24H,9-11,13-14H2,1-6H3,(H,26,29). The SMILES string of the molecule is CN(N=O)c1nc(C2CCC(C)(C)C(NC(=O)CC#N)C2)ccc1NCC(C)(C)C. The zero-order valence-electron chi connectivity index (χ0n) is 19.0. The molecule has 1 fully saturated rings. The van der Waals surface area contributed by atoms with Crippen LogP contribution in [0.15, 0.2) is 17.4 Å². The molecular formula is C22H34N6O2. The molecule has 1 heterocycles. The molecule has 0 aliphatic heterocycles. The van der Waals surface area contributed by atoms with E-state index in [1.165, 1.54) is 5.01 Å². The lowest BCUT2D eigenvalue weighted by atomic mass is 9.68. The number of nitroso groups, excluding NO2 is 1. The van der Waals surface area contributed by atoms with E-state index in [-0.39, 0.29) is 35.1 Å². The molecule has 1 amide bonds. The van der Waals surface area contributed by atoms with E-state index in [9.17, 15) is 9.70 Å². The van der Waals surface area contributed by atoms with E-state index >= 15 is 0 Å². The van der Waals surface area contributed by atoms with Crippen molar-refractivity contribution in [2.45, 2.75) is 72.3 Å². The summed E-state index contributed by atoms with van der Waals surface area (Å²) in [7, 11) is 1.59. The molecule has 0 radical (unpaired) electrons. The quantitative estimate of drug-likeness (QED) is 0.507. The zero-order valence-corrected chi connectivity index (χ0v) is 19.0. The summed E-state index contributed by atoms with van der Waals surface area (Å²) in [6.45, 7) is 11.4. The van der Waals surface area contributed by atoms with Crippen molar-refractivity contribution in [3.05, 3.63) is 22.7 Å². The maximum Gasteiger partial charge on any atom is 0.234 e. The van der Waals surface area contributed by atoms with Crippen LogP contribution in [-0.4, -0.2) is 30.5 Å². The van der Waals surface area contributed by atoms with E-state index < -0.39 is 0 Å². The highest BCUT2D eigenvalue weighted by molar-refractivity contribution is 5.78. The summed E-state index contributed by atoms with van der Waals surface area (Å²) in [6.07, 6.45) is 2.47. The van der Waals surface area contributed by atoms with Crippen LogP contribution in [0.3, 0.4) is 0 Å². The second-order valence-electron chi connectivity index (χ2n) is 10.0. The molecule has 2 unspecified atom stereocenters. The molecule has 1 aliphatic rings. The van der Waals surface area contributed by atoms with E-state index in [0.717, 1.165) is 37.2 Å². The number of anilines is 2. The number of nitriles is 1. The van der Waals surface area contributed by atoms with Crippen molar-refractivity contribution < 1.29 is 4.79 Å². The van der Waals surface area contributed by atoms with Gasteiger partial charge in [0, 0.05) is 31.2 Å². The monoisotopic (exact) mass is 414 g/mol. The molecule has 2 N–H and O–H groups in total. The van der Waals surface area contributed by atoms with Gasteiger partial charge in [-0.1, -0.05) is 34.6 Å². The Morgan fingerprint density at radius 2 is 2.10 bits per heavy atom. The third-order valence-electron chi connectivity index (χ3n) is 5.73. The van der Waals surface area contributed by atoms with E-state index in [4.69, 9.17) is 10.2 Å². The predicted octanol–water partition coefficient (Wildman–Crippen LogP) is 4.35. The van der Waals surface area contributed by atoms with Crippen LogP contribution in [-0.2, 0) is 4.79 Å². The van der Waals surface area contributed by atoms with Crippen molar-refractivity contribution >= 4 is 17.4 Å². The molecule has 1 aliphatic carbocycles. The Morgan fingerprint density at radius 3 is 2.70 bits per heavy atom. The van der Waals surface area contributed by atoms with Gasteiger partial charge in [0.2, 0.25) is 5.91 Å². The molecule has 164 valence electrons. The Bertz CT molecular complexity index is 809. The molecule has 1 saturated carbocycles. The summed E-state index contributed by atoms with van der Waals surface area (Å²) in [4.78, 5) is 28.0. The largest absolute Gasteiger partial charge is 0.381 e. The average Bonchev–Trinajstić information content (AvgIpc) is 2.67. The lowest BCUT2D eigenvalue weighted by molar-refractivity contribution is -0.122. The van der Waals surface area contributed by atoms with Gasteiger partial charge >= 0.3 is 0 Å². The average molecular weight is 415 g/mol. The minimum Gasteiger partial charge on any atom is -0.381 e. The molecule has 30 heavy (non-hydrogen) atoms. The second kappa shape index (κ2) is 9.41. The lowest BCUT2D eigenvalue weighted by Gasteiger charge is -2.42. The number of hydrogen-bond donors (Lipinski definition) is 2. The topological polar surface area (TPSA) is 110 Å². The molecule has 0 aromatic carbocycles. The third kappa shape index (κ3) is 6.15. The van der Waals surface area contributed by atoms with Crippen molar-refractivity contribution in [1.29, 1.82) is 5.26 Å². The summed E-state index contributed by atoms with van der Waals surface area (Å²) in [5.74, 6) is 0.416. The van der Waals surface area contributed by atoms with Crippen molar-refractivity contribution in [2.24, 2.45) is 16.1 Å². The predicted molar refractivity (Wildman–Crippen MR) is 119 cm³/mol. The van der Waals surface area contributed by atoms with Gasteiger partial charge in [-0.25, -0.2) is 9.99 Å². The maximum atomic E-state index is 12.0.